The lowest BCUT2D eigenvalue weighted by molar-refractivity contribution is -0.140. The largest absolute Gasteiger partial charge is 0.406 e. The van der Waals surface area contributed by atoms with E-state index in [4.69, 9.17) is 0 Å². The lowest BCUT2D eigenvalue weighted by Crippen LogP contribution is -2.40. The van der Waals surface area contributed by atoms with Crippen molar-refractivity contribution >= 4 is 21.6 Å². The van der Waals surface area contributed by atoms with Gasteiger partial charge >= 0.3 is 6.18 Å². The predicted molar refractivity (Wildman–Crippen MR) is 93.8 cm³/mol. The van der Waals surface area contributed by atoms with Crippen LogP contribution >= 0.6 is 0 Å². The van der Waals surface area contributed by atoms with Gasteiger partial charge in [0.15, 0.2) is 0 Å². The minimum atomic E-state index is -4.47. The molecular formula is C17H23F3N2O3S. The first kappa shape index (κ1) is 20.5. The summed E-state index contributed by atoms with van der Waals surface area (Å²) in [6, 6.07) is 4.43. The first-order valence-electron chi connectivity index (χ1n) is 8.49. The van der Waals surface area contributed by atoms with Crippen molar-refractivity contribution in [1.82, 2.24) is 4.90 Å². The Labute approximate surface area is 151 Å². The van der Waals surface area contributed by atoms with Crippen molar-refractivity contribution in [2.45, 2.75) is 38.8 Å². The van der Waals surface area contributed by atoms with E-state index in [1.807, 2.05) is 6.92 Å². The van der Waals surface area contributed by atoms with Crippen LogP contribution in [0.5, 0.6) is 0 Å². The predicted octanol–water partition coefficient (Wildman–Crippen LogP) is 3.20. The molecule has 0 spiro atoms. The number of fused-ring (bicyclic) bond motifs is 1. The van der Waals surface area contributed by atoms with Gasteiger partial charge in [-0.25, -0.2) is 8.42 Å². The van der Waals surface area contributed by atoms with Crippen LogP contribution in [0.25, 0.3) is 0 Å². The summed E-state index contributed by atoms with van der Waals surface area (Å²) in [6.07, 6.45) is -1.03. The van der Waals surface area contributed by atoms with Gasteiger partial charge in [0, 0.05) is 18.7 Å². The molecule has 0 saturated heterocycles. The second-order valence-corrected chi connectivity index (χ2v) is 8.38. The molecule has 0 saturated carbocycles. The second-order valence-electron chi connectivity index (χ2n) is 6.48. The number of rotatable bonds is 6. The molecule has 1 aromatic rings. The lowest BCUT2D eigenvalue weighted by Gasteiger charge is -2.30. The zero-order chi connectivity index (χ0) is 19.5. The molecule has 0 fully saturated rings. The monoisotopic (exact) mass is 392 g/mol. The van der Waals surface area contributed by atoms with Gasteiger partial charge in [-0.3, -0.25) is 9.10 Å². The molecule has 26 heavy (non-hydrogen) atoms. The van der Waals surface area contributed by atoms with E-state index < -0.39 is 28.7 Å². The van der Waals surface area contributed by atoms with Crippen molar-refractivity contribution in [2.24, 2.45) is 0 Å². The average Bonchev–Trinajstić information content (AvgIpc) is 2.55. The molecule has 1 heterocycles. The highest BCUT2D eigenvalue weighted by molar-refractivity contribution is 7.92. The summed E-state index contributed by atoms with van der Waals surface area (Å²) in [6.45, 7) is 0.935. The number of hydrogen-bond donors (Lipinski definition) is 0. The number of aryl methyl sites for hydroxylation is 1. The third kappa shape index (κ3) is 5.12. The van der Waals surface area contributed by atoms with Crippen molar-refractivity contribution in [2.75, 3.05) is 30.2 Å². The smallest absolute Gasteiger partial charge is 0.330 e. The number of halogens is 3. The number of alkyl halides is 3. The van der Waals surface area contributed by atoms with Gasteiger partial charge in [0.1, 0.15) is 6.54 Å². The highest BCUT2D eigenvalue weighted by atomic mass is 32.2. The molecule has 0 aromatic heterocycles. The molecule has 146 valence electrons. The van der Waals surface area contributed by atoms with Gasteiger partial charge in [0.2, 0.25) is 10.0 Å². The molecule has 1 amide bonds. The van der Waals surface area contributed by atoms with Crippen LogP contribution in [0.2, 0.25) is 0 Å². The van der Waals surface area contributed by atoms with E-state index in [1.165, 1.54) is 22.5 Å². The van der Waals surface area contributed by atoms with Crippen molar-refractivity contribution in [3.63, 3.8) is 0 Å². The number of carbonyl (C=O) groups excluding carboxylic acids is 1. The molecule has 0 N–H and O–H groups in total. The fraction of sp³-hybridized carbons (Fsp3) is 0.588. The third-order valence-corrected chi connectivity index (χ3v) is 5.42. The Bertz CT molecular complexity index is 763. The molecule has 0 bridgehead atoms. The van der Waals surface area contributed by atoms with Gasteiger partial charge in [-0.15, -0.1) is 0 Å². The molecular weight excluding hydrogens is 369 g/mol. The van der Waals surface area contributed by atoms with Gasteiger partial charge in [-0.05, 0) is 43.0 Å². The van der Waals surface area contributed by atoms with E-state index in [0.717, 1.165) is 11.2 Å². The van der Waals surface area contributed by atoms with Crippen LogP contribution in [0.1, 0.15) is 42.1 Å². The van der Waals surface area contributed by atoms with Crippen molar-refractivity contribution < 1.29 is 26.4 Å². The van der Waals surface area contributed by atoms with E-state index >= 15 is 0 Å². The summed E-state index contributed by atoms with van der Waals surface area (Å²) in [5.74, 6) is -0.685. The average molecular weight is 392 g/mol. The highest BCUT2D eigenvalue weighted by Gasteiger charge is 2.33. The summed E-state index contributed by atoms with van der Waals surface area (Å²) >= 11 is 0. The number of benzene rings is 1. The summed E-state index contributed by atoms with van der Waals surface area (Å²) < 4.78 is 63.4. The fourth-order valence-corrected chi connectivity index (χ4v) is 4.04. The number of hydrogen-bond acceptors (Lipinski definition) is 3. The SMILES string of the molecule is CCCCN(CC(F)(F)F)C(=O)c1ccc2c(c1)CCCN2S(C)(=O)=O. The molecule has 1 aliphatic heterocycles. The number of nitrogens with zero attached hydrogens (tertiary/aromatic N) is 2. The molecule has 0 unspecified atom stereocenters. The Balaban J connectivity index is 2.31. The zero-order valence-electron chi connectivity index (χ0n) is 14.8. The van der Waals surface area contributed by atoms with E-state index in [0.29, 0.717) is 43.5 Å². The maximum Gasteiger partial charge on any atom is 0.406 e. The van der Waals surface area contributed by atoms with E-state index in [9.17, 15) is 26.4 Å². The third-order valence-electron chi connectivity index (χ3n) is 4.24. The number of anilines is 1. The van der Waals surface area contributed by atoms with Crippen molar-refractivity contribution in [1.29, 1.82) is 0 Å². The molecule has 1 aromatic carbocycles. The Morgan fingerprint density at radius 2 is 2.00 bits per heavy atom. The van der Waals surface area contributed by atoms with Gasteiger partial charge in [-0.1, -0.05) is 13.3 Å². The molecule has 0 radical (unpaired) electrons. The Morgan fingerprint density at radius 1 is 1.31 bits per heavy atom. The standard InChI is InChI=1S/C17H23F3N2O3S/c1-3-4-9-21(12-17(18,19)20)16(23)14-7-8-15-13(11-14)6-5-10-22(15)26(2,24)25/h7-8,11H,3-6,9-10,12H2,1-2H3. The van der Waals surface area contributed by atoms with Gasteiger partial charge in [0.25, 0.3) is 5.91 Å². The minimum Gasteiger partial charge on any atom is -0.330 e. The van der Waals surface area contributed by atoms with Crippen molar-refractivity contribution in [3.8, 4) is 0 Å². The number of carbonyl (C=O) groups is 1. The number of sulfonamides is 1. The fourth-order valence-electron chi connectivity index (χ4n) is 3.04. The summed E-state index contributed by atoms with van der Waals surface area (Å²) in [4.78, 5) is 13.4. The summed E-state index contributed by atoms with van der Waals surface area (Å²) in [7, 11) is -3.44. The Hall–Kier alpha value is -1.77. The van der Waals surface area contributed by atoms with E-state index in [-0.39, 0.29) is 12.1 Å². The van der Waals surface area contributed by atoms with Crippen molar-refractivity contribution in [3.05, 3.63) is 29.3 Å². The van der Waals surface area contributed by atoms with Crippen LogP contribution in [-0.4, -0.2) is 51.3 Å². The summed E-state index contributed by atoms with van der Waals surface area (Å²) in [5, 5.41) is 0. The number of amides is 1. The molecule has 5 nitrogen and oxygen atoms in total. The van der Waals surface area contributed by atoms with Gasteiger partial charge in [0.05, 0.1) is 11.9 Å². The molecule has 2 rings (SSSR count). The lowest BCUT2D eigenvalue weighted by atomic mass is 10.00. The Morgan fingerprint density at radius 3 is 2.58 bits per heavy atom. The van der Waals surface area contributed by atoms with Crippen LogP contribution in [0.3, 0.4) is 0 Å². The first-order chi connectivity index (χ1) is 12.0. The van der Waals surface area contributed by atoms with Crippen LogP contribution < -0.4 is 4.31 Å². The van der Waals surface area contributed by atoms with Crippen LogP contribution in [-0.2, 0) is 16.4 Å². The van der Waals surface area contributed by atoms with Crippen LogP contribution in [0.4, 0.5) is 18.9 Å². The van der Waals surface area contributed by atoms with E-state index in [2.05, 4.69) is 0 Å². The molecule has 0 atom stereocenters. The summed E-state index contributed by atoms with van der Waals surface area (Å²) in [5.41, 5.74) is 1.31. The maximum atomic E-state index is 12.8. The van der Waals surface area contributed by atoms with Gasteiger partial charge < -0.3 is 4.90 Å². The first-order valence-corrected chi connectivity index (χ1v) is 10.3. The molecule has 1 aliphatic rings. The topological polar surface area (TPSA) is 57.7 Å². The molecule has 9 heteroatoms. The number of unbranched alkanes of at least 4 members (excludes halogenated alkanes) is 1. The van der Waals surface area contributed by atoms with E-state index in [1.54, 1.807) is 0 Å². The van der Waals surface area contributed by atoms with Gasteiger partial charge in [-0.2, -0.15) is 13.2 Å². The normalized spacial score (nSPS) is 14.9. The maximum absolute atomic E-state index is 12.8. The Kier molecular flexibility index (Phi) is 6.21. The molecule has 0 aliphatic carbocycles. The zero-order valence-corrected chi connectivity index (χ0v) is 15.7. The minimum absolute atomic E-state index is 0.0292. The van der Waals surface area contributed by atoms with Crippen LogP contribution in [0.15, 0.2) is 18.2 Å². The van der Waals surface area contributed by atoms with Crippen LogP contribution in [0, 0.1) is 0 Å². The quantitative estimate of drug-likeness (QED) is 0.747. The highest BCUT2D eigenvalue weighted by Crippen LogP contribution is 2.30. The second kappa shape index (κ2) is 7.85.